The van der Waals surface area contributed by atoms with Gasteiger partial charge in [-0.25, -0.2) is 4.98 Å². The van der Waals surface area contributed by atoms with Gasteiger partial charge in [-0.05, 0) is 75.1 Å². The van der Waals surface area contributed by atoms with E-state index >= 15 is 0 Å². The molecule has 0 fully saturated rings. The molecule has 0 unspecified atom stereocenters. The van der Waals surface area contributed by atoms with Crippen molar-refractivity contribution in [2.24, 2.45) is 0 Å². The van der Waals surface area contributed by atoms with Gasteiger partial charge in [0.15, 0.2) is 0 Å². The lowest BCUT2D eigenvalue weighted by Crippen LogP contribution is -2.25. The Labute approximate surface area is 195 Å². The van der Waals surface area contributed by atoms with Gasteiger partial charge < -0.3 is 14.6 Å². The molecule has 1 heterocycles. The number of amides is 1. The van der Waals surface area contributed by atoms with Crippen LogP contribution >= 0.6 is 0 Å². The summed E-state index contributed by atoms with van der Waals surface area (Å²) >= 11 is 0. The minimum Gasteiger partial charge on any atom is -0.493 e. The Morgan fingerprint density at radius 3 is 2.61 bits per heavy atom. The highest BCUT2D eigenvalue weighted by atomic mass is 16.5. The molecule has 0 saturated carbocycles. The summed E-state index contributed by atoms with van der Waals surface area (Å²) in [5.74, 6) is 1.74. The molecule has 3 aromatic carbocycles. The van der Waals surface area contributed by atoms with Crippen molar-refractivity contribution in [3.05, 3.63) is 94.8 Å². The second kappa shape index (κ2) is 10.3. The van der Waals surface area contributed by atoms with E-state index in [9.17, 15) is 4.79 Å². The van der Waals surface area contributed by atoms with Gasteiger partial charge in [-0.2, -0.15) is 0 Å². The molecule has 170 valence electrons. The first-order valence-electron chi connectivity index (χ1n) is 11.5. The highest BCUT2D eigenvalue weighted by Crippen LogP contribution is 2.20. The molecule has 0 aliphatic heterocycles. The predicted molar refractivity (Wildman–Crippen MR) is 133 cm³/mol. The summed E-state index contributed by atoms with van der Waals surface area (Å²) < 4.78 is 8.22. The maximum Gasteiger partial charge on any atom is 0.251 e. The maximum atomic E-state index is 12.6. The Morgan fingerprint density at radius 1 is 0.939 bits per heavy atom. The number of para-hydroxylation sites is 2. The van der Waals surface area contributed by atoms with Crippen molar-refractivity contribution in [1.82, 2.24) is 14.9 Å². The van der Waals surface area contributed by atoms with Crippen LogP contribution in [0.1, 0.15) is 45.7 Å². The first-order chi connectivity index (χ1) is 16.0. The number of fused-ring (bicyclic) bond motifs is 1. The average Bonchev–Trinajstić information content (AvgIpc) is 3.17. The number of rotatable bonds is 9. The summed E-state index contributed by atoms with van der Waals surface area (Å²) in [5, 5.41) is 3.03. The minimum absolute atomic E-state index is 0.0840. The topological polar surface area (TPSA) is 56.2 Å². The van der Waals surface area contributed by atoms with Crippen molar-refractivity contribution in [3.8, 4) is 5.75 Å². The van der Waals surface area contributed by atoms with Crippen molar-refractivity contribution in [1.29, 1.82) is 0 Å². The lowest BCUT2D eigenvalue weighted by Gasteiger charge is -2.12. The molecule has 1 N–H and O–H groups in total. The molecule has 0 aliphatic carbocycles. The molecular formula is C28H31N3O2. The summed E-state index contributed by atoms with van der Waals surface area (Å²) in [6, 6.07) is 22.0. The molecule has 0 aliphatic rings. The number of hydrogen-bond donors (Lipinski definition) is 1. The van der Waals surface area contributed by atoms with E-state index in [1.165, 1.54) is 5.56 Å². The zero-order valence-corrected chi connectivity index (χ0v) is 19.6. The van der Waals surface area contributed by atoms with Crippen LogP contribution in [0.4, 0.5) is 0 Å². The van der Waals surface area contributed by atoms with Gasteiger partial charge in [0, 0.05) is 12.1 Å². The smallest absolute Gasteiger partial charge is 0.251 e. The van der Waals surface area contributed by atoms with Gasteiger partial charge in [-0.3, -0.25) is 4.79 Å². The number of nitrogens with one attached hydrogen (secondary N) is 1. The van der Waals surface area contributed by atoms with Crippen LogP contribution in [-0.2, 0) is 13.1 Å². The fourth-order valence-corrected chi connectivity index (χ4v) is 3.97. The summed E-state index contributed by atoms with van der Waals surface area (Å²) in [6.07, 6.45) is 1.90. The Balaban J connectivity index is 1.38. The van der Waals surface area contributed by atoms with E-state index in [2.05, 4.69) is 48.0 Å². The van der Waals surface area contributed by atoms with Crippen molar-refractivity contribution in [2.75, 3.05) is 6.61 Å². The Bertz CT molecular complexity index is 1260. The molecule has 33 heavy (non-hydrogen) atoms. The second-order valence-electron chi connectivity index (χ2n) is 8.55. The Morgan fingerprint density at radius 2 is 1.76 bits per heavy atom. The molecule has 1 aromatic heterocycles. The van der Waals surface area contributed by atoms with E-state index in [1.807, 2.05) is 49.4 Å². The molecule has 5 nitrogen and oxygen atoms in total. The van der Waals surface area contributed by atoms with Gasteiger partial charge in [-0.1, -0.05) is 42.0 Å². The van der Waals surface area contributed by atoms with Crippen molar-refractivity contribution in [2.45, 2.75) is 46.7 Å². The standard InChI is InChI=1S/C28H31N3O2/c1-20-9-8-10-23(17-20)28(32)29-19-27-30-24-11-4-5-12-25(24)31(27)15-6-7-16-33-26-18-21(2)13-14-22(26)3/h4-5,8-14,17-18H,6-7,15-16,19H2,1-3H3,(H,29,32). The molecule has 0 atom stereocenters. The zero-order valence-electron chi connectivity index (χ0n) is 19.6. The predicted octanol–water partition coefficient (Wildman–Crippen LogP) is 5.75. The minimum atomic E-state index is -0.0840. The molecule has 4 aromatic rings. The van der Waals surface area contributed by atoms with E-state index < -0.39 is 0 Å². The first kappa shape index (κ1) is 22.6. The van der Waals surface area contributed by atoms with Crippen LogP contribution in [0.15, 0.2) is 66.7 Å². The quantitative estimate of drug-likeness (QED) is 0.337. The molecule has 0 radical (unpaired) electrons. The SMILES string of the molecule is Cc1cccc(C(=O)NCc2nc3ccccc3n2CCCCOc2cc(C)ccc2C)c1. The Hall–Kier alpha value is -3.60. The molecule has 4 rings (SSSR count). The summed E-state index contributed by atoms with van der Waals surface area (Å²) in [6.45, 7) is 8.03. The lowest BCUT2D eigenvalue weighted by molar-refractivity contribution is 0.0949. The number of unbranched alkanes of at least 4 members (excludes halogenated alkanes) is 1. The van der Waals surface area contributed by atoms with Crippen LogP contribution in [0, 0.1) is 20.8 Å². The summed E-state index contributed by atoms with van der Waals surface area (Å²) in [5.41, 5.74) is 6.14. The summed E-state index contributed by atoms with van der Waals surface area (Å²) in [7, 11) is 0. The number of benzene rings is 3. The Kier molecular flexibility index (Phi) is 7.08. The number of carbonyl (C=O) groups excluding carboxylic acids is 1. The van der Waals surface area contributed by atoms with Crippen molar-refractivity contribution >= 4 is 16.9 Å². The highest BCUT2D eigenvalue weighted by molar-refractivity contribution is 5.94. The third-order valence-corrected chi connectivity index (χ3v) is 5.80. The van der Waals surface area contributed by atoms with Gasteiger partial charge in [0.25, 0.3) is 5.91 Å². The van der Waals surface area contributed by atoms with Crippen LogP contribution in [0.25, 0.3) is 11.0 Å². The van der Waals surface area contributed by atoms with Gasteiger partial charge in [0.1, 0.15) is 11.6 Å². The van der Waals surface area contributed by atoms with E-state index in [4.69, 9.17) is 9.72 Å². The molecule has 0 bridgehead atoms. The number of nitrogens with zero attached hydrogens (tertiary/aromatic N) is 2. The van der Waals surface area contributed by atoms with Gasteiger partial charge >= 0.3 is 0 Å². The fourth-order valence-electron chi connectivity index (χ4n) is 3.97. The van der Waals surface area contributed by atoms with Crippen LogP contribution < -0.4 is 10.1 Å². The van der Waals surface area contributed by atoms with Gasteiger partial charge in [0.2, 0.25) is 0 Å². The molecule has 1 amide bonds. The number of aromatic nitrogens is 2. The van der Waals surface area contributed by atoms with Gasteiger partial charge in [-0.15, -0.1) is 0 Å². The normalized spacial score (nSPS) is 11.0. The van der Waals surface area contributed by atoms with E-state index in [-0.39, 0.29) is 5.91 Å². The number of ether oxygens (including phenoxy) is 1. The monoisotopic (exact) mass is 441 g/mol. The number of hydrogen-bond acceptors (Lipinski definition) is 3. The second-order valence-corrected chi connectivity index (χ2v) is 8.55. The first-order valence-corrected chi connectivity index (χ1v) is 11.5. The van der Waals surface area contributed by atoms with Crippen LogP contribution in [0.3, 0.4) is 0 Å². The molecule has 5 heteroatoms. The van der Waals surface area contributed by atoms with E-state index in [0.717, 1.165) is 53.1 Å². The fraction of sp³-hybridized carbons (Fsp3) is 0.286. The largest absolute Gasteiger partial charge is 0.493 e. The number of aryl methyl sites for hydroxylation is 4. The third kappa shape index (κ3) is 5.61. The number of imidazole rings is 1. The van der Waals surface area contributed by atoms with Crippen LogP contribution in [0.5, 0.6) is 5.75 Å². The van der Waals surface area contributed by atoms with Crippen LogP contribution in [-0.4, -0.2) is 22.1 Å². The highest BCUT2D eigenvalue weighted by Gasteiger charge is 2.12. The van der Waals surface area contributed by atoms with Gasteiger partial charge in [0.05, 0.1) is 24.2 Å². The van der Waals surface area contributed by atoms with Crippen molar-refractivity contribution in [3.63, 3.8) is 0 Å². The summed E-state index contributed by atoms with van der Waals surface area (Å²) in [4.78, 5) is 17.4. The van der Waals surface area contributed by atoms with Crippen LogP contribution in [0.2, 0.25) is 0 Å². The van der Waals surface area contributed by atoms with E-state index in [0.29, 0.717) is 18.7 Å². The zero-order chi connectivity index (χ0) is 23.2. The molecule has 0 spiro atoms. The van der Waals surface area contributed by atoms with E-state index in [1.54, 1.807) is 0 Å². The average molecular weight is 442 g/mol. The third-order valence-electron chi connectivity index (χ3n) is 5.80. The van der Waals surface area contributed by atoms with Crippen molar-refractivity contribution < 1.29 is 9.53 Å². The molecule has 0 saturated heterocycles. The molecular weight excluding hydrogens is 410 g/mol. The number of carbonyl (C=O) groups is 1. The lowest BCUT2D eigenvalue weighted by atomic mass is 10.1. The maximum absolute atomic E-state index is 12.6.